The Bertz CT molecular complexity index is 774. The molecule has 2 N–H and O–H groups in total. The number of amides is 2. The van der Waals surface area contributed by atoms with Crippen molar-refractivity contribution >= 4 is 29.3 Å². The maximum atomic E-state index is 12.2. The van der Waals surface area contributed by atoms with Gasteiger partial charge in [-0.1, -0.05) is 42.0 Å². The van der Waals surface area contributed by atoms with E-state index in [1.807, 2.05) is 43.3 Å². The van der Waals surface area contributed by atoms with Gasteiger partial charge in [-0.15, -0.1) is 11.8 Å². The van der Waals surface area contributed by atoms with Gasteiger partial charge >= 0.3 is 0 Å². The van der Waals surface area contributed by atoms with Crippen LogP contribution in [0.1, 0.15) is 35.6 Å². The first-order valence-electron chi connectivity index (χ1n) is 8.93. The monoisotopic (exact) mass is 368 g/mol. The van der Waals surface area contributed by atoms with E-state index in [9.17, 15) is 9.59 Å². The minimum absolute atomic E-state index is 0.0140. The molecule has 3 rings (SSSR count). The molecule has 1 aliphatic rings. The van der Waals surface area contributed by atoms with E-state index in [0.717, 1.165) is 30.5 Å². The third-order valence-electron chi connectivity index (χ3n) is 4.51. The molecule has 0 heterocycles. The minimum atomic E-state index is -0.0883. The van der Waals surface area contributed by atoms with Crippen molar-refractivity contribution in [2.24, 2.45) is 0 Å². The lowest BCUT2D eigenvalue weighted by atomic mass is 9.88. The van der Waals surface area contributed by atoms with Gasteiger partial charge in [0.25, 0.3) is 0 Å². The Kier molecular flexibility index (Phi) is 6.34. The molecule has 1 unspecified atom stereocenters. The van der Waals surface area contributed by atoms with Crippen LogP contribution in [0.2, 0.25) is 0 Å². The van der Waals surface area contributed by atoms with Gasteiger partial charge in [0.1, 0.15) is 0 Å². The number of nitrogens with one attached hydrogen (secondary N) is 2. The van der Waals surface area contributed by atoms with E-state index < -0.39 is 0 Å². The third-order valence-corrected chi connectivity index (χ3v) is 5.44. The highest BCUT2D eigenvalue weighted by Gasteiger charge is 2.21. The van der Waals surface area contributed by atoms with E-state index in [0.29, 0.717) is 5.75 Å². The molecule has 136 valence electrons. The van der Waals surface area contributed by atoms with Crippen LogP contribution in [-0.4, -0.2) is 23.3 Å². The Labute approximate surface area is 158 Å². The van der Waals surface area contributed by atoms with E-state index in [-0.39, 0.29) is 23.6 Å². The van der Waals surface area contributed by atoms with Gasteiger partial charge < -0.3 is 10.6 Å². The minimum Gasteiger partial charge on any atom is -0.349 e. The zero-order chi connectivity index (χ0) is 18.4. The Morgan fingerprint density at radius 1 is 1.04 bits per heavy atom. The summed E-state index contributed by atoms with van der Waals surface area (Å²) in [7, 11) is 0. The SMILES string of the molecule is Cc1ccc(NC(=O)CSCC(=O)NC2CCCc3ccccc32)cc1. The van der Waals surface area contributed by atoms with Crippen molar-refractivity contribution in [3.05, 3.63) is 65.2 Å². The van der Waals surface area contributed by atoms with Crippen LogP contribution in [0.25, 0.3) is 0 Å². The fourth-order valence-electron chi connectivity index (χ4n) is 3.21. The van der Waals surface area contributed by atoms with Crippen molar-refractivity contribution < 1.29 is 9.59 Å². The number of thioether (sulfide) groups is 1. The number of anilines is 1. The molecule has 2 amide bonds. The van der Waals surface area contributed by atoms with Crippen LogP contribution in [0.4, 0.5) is 5.69 Å². The first kappa shape index (κ1) is 18.5. The summed E-state index contributed by atoms with van der Waals surface area (Å²) >= 11 is 1.34. The van der Waals surface area contributed by atoms with Gasteiger partial charge in [0, 0.05) is 5.69 Å². The molecular formula is C21H24N2O2S. The predicted molar refractivity (Wildman–Crippen MR) is 107 cm³/mol. The summed E-state index contributed by atoms with van der Waals surface area (Å²) in [6, 6.07) is 16.1. The van der Waals surface area contributed by atoms with Gasteiger partial charge in [0.05, 0.1) is 17.5 Å². The van der Waals surface area contributed by atoms with Crippen LogP contribution < -0.4 is 10.6 Å². The highest BCUT2D eigenvalue weighted by Crippen LogP contribution is 2.29. The Morgan fingerprint density at radius 2 is 1.77 bits per heavy atom. The highest BCUT2D eigenvalue weighted by atomic mass is 32.2. The maximum Gasteiger partial charge on any atom is 0.234 e. The fraction of sp³-hybridized carbons (Fsp3) is 0.333. The standard InChI is InChI=1S/C21H24N2O2S/c1-15-9-11-17(12-10-15)22-20(24)13-26-14-21(25)23-19-8-4-6-16-5-2-3-7-18(16)19/h2-3,5,7,9-12,19H,4,6,8,13-14H2,1H3,(H,22,24)(H,23,25). The van der Waals surface area contributed by atoms with Gasteiger partial charge in [0.15, 0.2) is 0 Å². The first-order chi connectivity index (χ1) is 12.6. The molecule has 1 atom stereocenters. The molecule has 26 heavy (non-hydrogen) atoms. The fourth-order valence-corrected chi connectivity index (χ4v) is 3.84. The number of aryl methyl sites for hydroxylation is 2. The van der Waals surface area contributed by atoms with Crippen LogP contribution in [0, 0.1) is 6.92 Å². The Hall–Kier alpha value is -2.27. The lowest BCUT2D eigenvalue weighted by molar-refractivity contribution is -0.119. The predicted octanol–water partition coefficient (Wildman–Crippen LogP) is 3.86. The van der Waals surface area contributed by atoms with Crippen molar-refractivity contribution in [1.29, 1.82) is 0 Å². The molecule has 4 nitrogen and oxygen atoms in total. The summed E-state index contributed by atoms with van der Waals surface area (Å²) in [6.07, 6.45) is 3.14. The average Bonchev–Trinajstić information content (AvgIpc) is 2.64. The molecule has 2 aromatic rings. The number of benzene rings is 2. The van der Waals surface area contributed by atoms with Crippen LogP contribution in [-0.2, 0) is 16.0 Å². The lowest BCUT2D eigenvalue weighted by Crippen LogP contribution is -2.32. The zero-order valence-electron chi connectivity index (χ0n) is 15.0. The van der Waals surface area contributed by atoms with Crippen LogP contribution in [0.15, 0.2) is 48.5 Å². The van der Waals surface area contributed by atoms with Crippen LogP contribution in [0.5, 0.6) is 0 Å². The maximum absolute atomic E-state index is 12.2. The van der Waals surface area contributed by atoms with E-state index in [2.05, 4.69) is 22.8 Å². The van der Waals surface area contributed by atoms with Gasteiger partial charge in [-0.25, -0.2) is 0 Å². The summed E-state index contributed by atoms with van der Waals surface area (Å²) in [5, 5.41) is 5.96. The van der Waals surface area contributed by atoms with Crippen molar-refractivity contribution in [2.75, 3.05) is 16.8 Å². The zero-order valence-corrected chi connectivity index (χ0v) is 15.8. The normalized spacial score (nSPS) is 15.8. The number of carbonyl (C=O) groups is 2. The van der Waals surface area contributed by atoms with Gasteiger partial charge in [-0.2, -0.15) is 0 Å². The number of carbonyl (C=O) groups excluding carboxylic acids is 2. The number of hydrogen-bond acceptors (Lipinski definition) is 3. The second kappa shape index (κ2) is 8.90. The molecule has 0 aromatic heterocycles. The summed E-state index contributed by atoms with van der Waals surface area (Å²) in [5.41, 5.74) is 4.49. The van der Waals surface area contributed by atoms with Gasteiger partial charge in [-0.05, 0) is 49.4 Å². The molecule has 0 radical (unpaired) electrons. The van der Waals surface area contributed by atoms with Gasteiger partial charge in [-0.3, -0.25) is 9.59 Å². The van der Waals surface area contributed by atoms with E-state index >= 15 is 0 Å². The van der Waals surface area contributed by atoms with Gasteiger partial charge in [0.2, 0.25) is 11.8 Å². The lowest BCUT2D eigenvalue weighted by Gasteiger charge is -2.26. The van der Waals surface area contributed by atoms with Crippen molar-refractivity contribution in [2.45, 2.75) is 32.2 Å². The molecule has 0 saturated heterocycles. The molecule has 5 heteroatoms. The molecule has 0 saturated carbocycles. The molecule has 0 aliphatic heterocycles. The molecule has 0 bridgehead atoms. The Morgan fingerprint density at radius 3 is 2.58 bits per heavy atom. The van der Waals surface area contributed by atoms with Crippen LogP contribution >= 0.6 is 11.8 Å². The van der Waals surface area contributed by atoms with E-state index in [1.54, 1.807) is 0 Å². The highest BCUT2D eigenvalue weighted by molar-refractivity contribution is 8.00. The molecular weight excluding hydrogens is 344 g/mol. The second-order valence-electron chi connectivity index (χ2n) is 6.62. The molecule has 2 aromatic carbocycles. The number of rotatable bonds is 6. The molecule has 0 spiro atoms. The van der Waals surface area contributed by atoms with Crippen LogP contribution in [0.3, 0.4) is 0 Å². The van der Waals surface area contributed by atoms with Crippen molar-refractivity contribution in [3.63, 3.8) is 0 Å². The third kappa shape index (κ3) is 5.11. The number of fused-ring (bicyclic) bond motifs is 1. The summed E-state index contributed by atoms with van der Waals surface area (Å²) in [4.78, 5) is 24.2. The topological polar surface area (TPSA) is 58.2 Å². The quantitative estimate of drug-likeness (QED) is 0.814. The first-order valence-corrected chi connectivity index (χ1v) is 10.1. The Balaban J connectivity index is 1.42. The number of hydrogen-bond donors (Lipinski definition) is 2. The van der Waals surface area contributed by atoms with E-state index in [4.69, 9.17) is 0 Å². The second-order valence-corrected chi connectivity index (χ2v) is 7.60. The largest absolute Gasteiger partial charge is 0.349 e. The summed E-state index contributed by atoms with van der Waals surface area (Å²) in [5.74, 6) is 0.456. The van der Waals surface area contributed by atoms with E-state index in [1.165, 1.54) is 22.9 Å². The average molecular weight is 369 g/mol. The summed E-state index contributed by atoms with van der Waals surface area (Å²) in [6.45, 7) is 2.00. The smallest absolute Gasteiger partial charge is 0.234 e. The molecule has 0 fully saturated rings. The molecule has 1 aliphatic carbocycles. The summed E-state index contributed by atoms with van der Waals surface area (Å²) < 4.78 is 0. The van der Waals surface area contributed by atoms with Crippen molar-refractivity contribution in [1.82, 2.24) is 5.32 Å². The van der Waals surface area contributed by atoms with Crippen molar-refractivity contribution in [3.8, 4) is 0 Å².